The van der Waals surface area contributed by atoms with Crippen molar-refractivity contribution in [3.8, 4) is 0 Å². The van der Waals surface area contributed by atoms with Crippen LogP contribution in [0, 0.1) is 5.82 Å². The lowest BCUT2D eigenvalue weighted by Gasteiger charge is -2.13. The molecule has 0 aliphatic carbocycles. The second-order valence-corrected chi connectivity index (χ2v) is 6.39. The molecule has 0 saturated carbocycles. The van der Waals surface area contributed by atoms with E-state index in [1.807, 2.05) is 0 Å². The minimum absolute atomic E-state index is 0.0135. The quantitative estimate of drug-likeness (QED) is 0.695. The van der Waals surface area contributed by atoms with Crippen molar-refractivity contribution in [1.29, 1.82) is 0 Å². The third kappa shape index (κ3) is 2.06. The van der Waals surface area contributed by atoms with Crippen molar-refractivity contribution < 1.29 is 4.39 Å². The van der Waals surface area contributed by atoms with Crippen molar-refractivity contribution in [2.45, 2.75) is 26.2 Å². The summed E-state index contributed by atoms with van der Waals surface area (Å²) in [5.74, 6) is -0.224. The van der Waals surface area contributed by atoms with Crippen LogP contribution in [0.5, 0.6) is 0 Å². The van der Waals surface area contributed by atoms with E-state index in [2.05, 4.69) is 41.7 Å². The van der Waals surface area contributed by atoms with Gasteiger partial charge in [-0.2, -0.15) is 0 Å². The van der Waals surface area contributed by atoms with Crippen LogP contribution in [0.25, 0.3) is 10.2 Å². The minimum atomic E-state index is -0.224. The highest BCUT2D eigenvalue weighted by molar-refractivity contribution is 9.10. The molecule has 0 N–H and O–H groups in total. The molecule has 2 rings (SSSR count). The fourth-order valence-corrected chi connectivity index (χ4v) is 3.01. The normalized spacial score (nSPS) is 12.3. The van der Waals surface area contributed by atoms with Crippen molar-refractivity contribution in [2.24, 2.45) is 0 Å². The van der Waals surface area contributed by atoms with Gasteiger partial charge in [0.05, 0.1) is 15.2 Å². The van der Waals surface area contributed by atoms with Gasteiger partial charge in [0, 0.05) is 9.89 Å². The predicted octanol–water partition coefficient (Wildman–Crippen LogP) is 4.50. The first-order valence-corrected chi connectivity index (χ1v) is 6.25. The number of hydrogen-bond donors (Lipinski definition) is 0. The van der Waals surface area contributed by atoms with Crippen molar-refractivity contribution in [1.82, 2.24) is 4.98 Å². The molecule has 0 aliphatic heterocycles. The van der Waals surface area contributed by atoms with Crippen LogP contribution in [0.4, 0.5) is 4.39 Å². The highest BCUT2D eigenvalue weighted by Gasteiger charge is 2.19. The summed E-state index contributed by atoms with van der Waals surface area (Å²) >= 11 is 4.88. The summed E-state index contributed by atoms with van der Waals surface area (Å²) in [6.07, 6.45) is 0. The Bertz CT molecular complexity index is 513. The van der Waals surface area contributed by atoms with Crippen LogP contribution < -0.4 is 0 Å². The Balaban J connectivity index is 2.71. The molecule has 1 aromatic carbocycles. The fraction of sp³-hybridized carbons (Fsp3) is 0.364. The van der Waals surface area contributed by atoms with Gasteiger partial charge in [-0.1, -0.05) is 20.8 Å². The Kier molecular flexibility index (Phi) is 2.59. The SMILES string of the molecule is CC(C)(C)c1nc2c(Br)cc(F)cc2s1. The number of benzene rings is 1. The summed E-state index contributed by atoms with van der Waals surface area (Å²) in [7, 11) is 0. The highest BCUT2D eigenvalue weighted by Crippen LogP contribution is 2.34. The molecular formula is C11H11BrFNS. The Labute approximate surface area is 100 Å². The van der Waals surface area contributed by atoms with Crippen molar-refractivity contribution in [3.63, 3.8) is 0 Å². The van der Waals surface area contributed by atoms with Gasteiger partial charge in [-0.3, -0.25) is 0 Å². The zero-order chi connectivity index (χ0) is 11.2. The summed E-state index contributed by atoms with van der Waals surface area (Å²) in [5, 5.41) is 1.03. The van der Waals surface area contributed by atoms with E-state index in [0.717, 1.165) is 19.7 Å². The number of fused-ring (bicyclic) bond motifs is 1. The smallest absolute Gasteiger partial charge is 0.125 e. The molecule has 4 heteroatoms. The maximum absolute atomic E-state index is 13.2. The summed E-state index contributed by atoms with van der Waals surface area (Å²) in [6.45, 7) is 6.32. The van der Waals surface area contributed by atoms with E-state index in [9.17, 15) is 4.39 Å². The minimum Gasteiger partial charge on any atom is -0.239 e. The van der Waals surface area contributed by atoms with E-state index in [-0.39, 0.29) is 11.2 Å². The van der Waals surface area contributed by atoms with Gasteiger partial charge in [0.15, 0.2) is 0 Å². The van der Waals surface area contributed by atoms with Gasteiger partial charge in [0.1, 0.15) is 5.82 Å². The summed E-state index contributed by atoms with van der Waals surface area (Å²) in [5.41, 5.74) is 0.867. The Hall–Kier alpha value is -0.480. The van der Waals surface area contributed by atoms with E-state index in [4.69, 9.17) is 0 Å². The van der Waals surface area contributed by atoms with Gasteiger partial charge in [-0.05, 0) is 28.1 Å². The molecule has 0 bridgehead atoms. The van der Waals surface area contributed by atoms with Crippen LogP contribution in [0.15, 0.2) is 16.6 Å². The molecule has 15 heavy (non-hydrogen) atoms. The summed E-state index contributed by atoms with van der Waals surface area (Å²) in [4.78, 5) is 4.53. The molecule has 80 valence electrons. The molecule has 1 aromatic heterocycles. The van der Waals surface area contributed by atoms with Gasteiger partial charge >= 0.3 is 0 Å². The van der Waals surface area contributed by atoms with E-state index in [1.165, 1.54) is 12.1 Å². The largest absolute Gasteiger partial charge is 0.239 e. The third-order valence-electron chi connectivity index (χ3n) is 2.05. The lowest BCUT2D eigenvalue weighted by atomic mass is 9.98. The molecule has 1 heterocycles. The highest BCUT2D eigenvalue weighted by atomic mass is 79.9. The number of nitrogens with zero attached hydrogens (tertiary/aromatic N) is 1. The van der Waals surface area contributed by atoms with E-state index in [0.29, 0.717) is 0 Å². The molecule has 0 aliphatic rings. The Morgan fingerprint density at radius 2 is 2.00 bits per heavy atom. The lowest BCUT2D eigenvalue weighted by molar-refractivity contribution is 0.587. The molecule has 0 spiro atoms. The second-order valence-electron chi connectivity index (χ2n) is 4.50. The van der Waals surface area contributed by atoms with Gasteiger partial charge in [-0.25, -0.2) is 9.37 Å². The Morgan fingerprint density at radius 3 is 2.60 bits per heavy atom. The molecule has 0 saturated heterocycles. The van der Waals surface area contributed by atoms with Gasteiger partial charge in [-0.15, -0.1) is 11.3 Å². The average Bonchev–Trinajstić information content (AvgIpc) is 2.46. The molecule has 0 fully saturated rings. The summed E-state index contributed by atoms with van der Waals surface area (Å²) < 4.78 is 14.8. The van der Waals surface area contributed by atoms with Crippen LogP contribution in [-0.4, -0.2) is 4.98 Å². The molecule has 0 amide bonds. The van der Waals surface area contributed by atoms with E-state index < -0.39 is 0 Å². The van der Waals surface area contributed by atoms with Crippen LogP contribution in [-0.2, 0) is 5.41 Å². The average molecular weight is 288 g/mol. The molecule has 0 radical (unpaired) electrons. The van der Waals surface area contributed by atoms with Gasteiger partial charge in [0.25, 0.3) is 0 Å². The van der Waals surface area contributed by atoms with Crippen LogP contribution in [0.1, 0.15) is 25.8 Å². The first kappa shape index (κ1) is 11.0. The fourth-order valence-electron chi connectivity index (χ4n) is 1.28. The van der Waals surface area contributed by atoms with Crippen molar-refractivity contribution in [3.05, 3.63) is 27.4 Å². The van der Waals surface area contributed by atoms with E-state index >= 15 is 0 Å². The Morgan fingerprint density at radius 1 is 1.33 bits per heavy atom. The topological polar surface area (TPSA) is 12.9 Å². The second kappa shape index (κ2) is 3.52. The number of aromatic nitrogens is 1. The maximum Gasteiger partial charge on any atom is 0.125 e. The monoisotopic (exact) mass is 287 g/mol. The number of halogens is 2. The number of hydrogen-bond acceptors (Lipinski definition) is 2. The molecular weight excluding hydrogens is 277 g/mol. The third-order valence-corrected chi connectivity index (χ3v) is 4.09. The van der Waals surface area contributed by atoms with Crippen LogP contribution in [0.3, 0.4) is 0 Å². The van der Waals surface area contributed by atoms with Crippen molar-refractivity contribution in [2.75, 3.05) is 0 Å². The lowest BCUT2D eigenvalue weighted by Crippen LogP contribution is -2.09. The molecule has 0 unspecified atom stereocenters. The standard InChI is InChI=1S/C11H11BrFNS/c1-11(2,3)10-14-9-7(12)4-6(13)5-8(9)15-10/h4-5H,1-3H3. The molecule has 2 aromatic rings. The zero-order valence-corrected chi connectivity index (χ0v) is 11.2. The first-order chi connectivity index (χ1) is 6.88. The number of rotatable bonds is 0. The zero-order valence-electron chi connectivity index (χ0n) is 8.77. The van der Waals surface area contributed by atoms with E-state index in [1.54, 1.807) is 11.3 Å². The molecule has 1 nitrogen and oxygen atoms in total. The van der Waals surface area contributed by atoms with Crippen LogP contribution in [0.2, 0.25) is 0 Å². The van der Waals surface area contributed by atoms with Crippen LogP contribution >= 0.6 is 27.3 Å². The van der Waals surface area contributed by atoms with Crippen molar-refractivity contribution >= 4 is 37.5 Å². The van der Waals surface area contributed by atoms with Gasteiger partial charge in [0.2, 0.25) is 0 Å². The number of thiazole rings is 1. The summed E-state index contributed by atoms with van der Waals surface area (Å²) in [6, 6.07) is 2.99. The molecule has 0 atom stereocenters. The first-order valence-electron chi connectivity index (χ1n) is 4.64. The van der Waals surface area contributed by atoms with Gasteiger partial charge < -0.3 is 0 Å². The maximum atomic E-state index is 13.2. The predicted molar refractivity (Wildman–Crippen MR) is 66.0 cm³/mol.